The van der Waals surface area contributed by atoms with Crippen LogP contribution in [0.15, 0.2) is 78.9 Å². The van der Waals surface area contributed by atoms with Crippen molar-refractivity contribution >= 4 is 0 Å². The zero-order valence-corrected chi connectivity index (χ0v) is 17.8. The van der Waals surface area contributed by atoms with Crippen LogP contribution >= 0.6 is 0 Å². The molecule has 0 amide bonds. The van der Waals surface area contributed by atoms with Crippen molar-refractivity contribution in [2.75, 3.05) is 0 Å². The molecule has 1 aliphatic rings. The Hall–Kier alpha value is -2.60. The molecule has 0 bridgehead atoms. The van der Waals surface area contributed by atoms with E-state index in [2.05, 4.69) is 92.7 Å². The molecule has 0 radical (unpaired) electrons. The highest BCUT2D eigenvalue weighted by Gasteiger charge is 2.20. The minimum Gasteiger partial charge on any atom is -0.0917 e. The summed E-state index contributed by atoms with van der Waals surface area (Å²) in [4.78, 5) is 0. The van der Waals surface area contributed by atoms with Crippen molar-refractivity contribution in [2.45, 2.75) is 58.3 Å². The second kappa shape index (κ2) is 9.27. The number of aryl methyl sites for hydroxylation is 3. The maximum atomic E-state index is 2.43. The molecule has 1 atom stereocenters. The van der Waals surface area contributed by atoms with E-state index in [0.29, 0.717) is 5.92 Å². The van der Waals surface area contributed by atoms with Gasteiger partial charge in [0.25, 0.3) is 0 Å². The zero-order chi connectivity index (χ0) is 20.1. The van der Waals surface area contributed by atoms with E-state index in [4.69, 9.17) is 0 Å². The normalized spacial score (nSPS) is 16.1. The van der Waals surface area contributed by atoms with Crippen LogP contribution in [0.4, 0.5) is 0 Å². The Morgan fingerprint density at radius 2 is 1.55 bits per heavy atom. The SMILES string of the molecule is C/C=C/CCc1ccc(-c2ccc3c(c2)CCC(c2ccc(CC)cc2)C3)cc1. The van der Waals surface area contributed by atoms with Crippen molar-refractivity contribution < 1.29 is 0 Å². The number of hydrogen-bond acceptors (Lipinski definition) is 0. The lowest BCUT2D eigenvalue weighted by molar-refractivity contribution is 0.585. The Morgan fingerprint density at radius 1 is 0.828 bits per heavy atom. The number of fused-ring (bicyclic) bond motifs is 1. The number of hydrogen-bond donors (Lipinski definition) is 0. The molecule has 0 heterocycles. The second-order valence-corrected chi connectivity index (χ2v) is 8.32. The number of rotatable bonds is 6. The summed E-state index contributed by atoms with van der Waals surface area (Å²) >= 11 is 0. The average Bonchev–Trinajstić information content (AvgIpc) is 2.79. The van der Waals surface area contributed by atoms with Crippen LogP contribution in [0, 0.1) is 0 Å². The monoisotopic (exact) mass is 380 g/mol. The Labute approximate surface area is 176 Å². The largest absolute Gasteiger partial charge is 0.0917 e. The van der Waals surface area contributed by atoms with Gasteiger partial charge in [-0.05, 0) is 90.3 Å². The maximum Gasteiger partial charge on any atom is -0.0118 e. The average molecular weight is 381 g/mol. The summed E-state index contributed by atoms with van der Waals surface area (Å²) in [6, 6.07) is 25.6. The van der Waals surface area contributed by atoms with E-state index in [0.717, 1.165) is 19.3 Å². The van der Waals surface area contributed by atoms with Crippen LogP contribution in [0.3, 0.4) is 0 Å². The van der Waals surface area contributed by atoms with E-state index in [1.807, 2.05) is 0 Å². The van der Waals surface area contributed by atoms with E-state index in [1.54, 1.807) is 5.56 Å². The molecule has 0 saturated carbocycles. The van der Waals surface area contributed by atoms with Crippen LogP contribution < -0.4 is 0 Å². The predicted octanol–water partition coefficient (Wildman–Crippen LogP) is 7.70. The molecule has 0 nitrogen and oxygen atoms in total. The minimum atomic E-state index is 0.663. The van der Waals surface area contributed by atoms with Crippen LogP contribution in [0.5, 0.6) is 0 Å². The van der Waals surface area contributed by atoms with Gasteiger partial charge >= 0.3 is 0 Å². The fraction of sp³-hybridized carbons (Fsp3) is 0.310. The maximum absolute atomic E-state index is 2.43. The van der Waals surface area contributed by atoms with Gasteiger partial charge in [-0.15, -0.1) is 0 Å². The molecule has 0 N–H and O–H groups in total. The molecule has 0 aromatic heterocycles. The number of allylic oxidation sites excluding steroid dienone is 2. The van der Waals surface area contributed by atoms with Crippen molar-refractivity contribution in [3.05, 3.63) is 107 Å². The van der Waals surface area contributed by atoms with Gasteiger partial charge in [-0.1, -0.05) is 85.8 Å². The molecular formula is C29H32. The van der Waals surface area contributed by atoms with E-state index in [1.165, 1.54) is 52.6 Å². The van der Waals surface area contributed by atoms with E-state index in [-0.39, 0.29) is 0 Å². The molecular weight excluding hydrogens is 348 g/mol. The molecule has 1 aliphatic carbocycles. The second-order valence-electron chi connectivity index (χ2n) is 8.32. The molecule has 0 fully saturated rings. The van der Waals surface area contributed by atoms with Crippen LogP contribution in [0.25, 0.3) is 11.1 Å². The first kappa shape index (κ1) is 19.7. The molecule has 0 saturated heterocycles. The predicted molar refractivity (Wildman–Crippen MR) is 126 cm³/mol. The third kappa shape index (κ3) is 4.70. The molecule has 0 aliphatic heterocycles. The van der Waals surface area contributed by atoms with Crippen LogP contribution in [0.2, 0.25) is 0 Å². The molecule has 1 unspecified atom stereocenters. The minimum absolute atomic E-state index is 0.663. The first-order chi connectivity index (χ1) is 14.3. The Balaban J connectivity index is 1.47. The molecule has 4 rings (SSSR count). The van der Waals surface area contributed by atoms with Gasteiger partial charge in [-0.3, -0.25) is 0 Å². The summed E-state index contributed by atoms with van der Waals surface area (Å²) in [5.74, 6) is 0.663. The highest BCUT2D eigenvalue weighted by Crippen LogP contribution is 2.35. The van der Waals surface area contributed by atoms with E-state index in [9.17, 15) is 0 Å². The first-order valence-corrected chi connectivity index (χ1v) is 11.2. The van der Waals surface area contributed by atoms with E-state index < -0.39 is 0 Å². The van der Waals surface area contributed by atoms with Crippen molar-refractivity contribution in [2.24, 2.45) is 0 Å². The molecule has 0 heteroatoms. The van der Waals surface area contributed by atoms with Gasteiger partial charge in [0.2, 0.25) is 0 Å². The van der Waals surface area contributed by atoms with Crippen molar-refractivity contribution in [1.29, 1.82) is 0 Å². The third-order valence-corrected chi connectivity index (χ3v) is 6.42. The summed E-state index contributed by atoms with van der Waals surface area (Å²) in [5, 5.41) is 0. The highest BCUT2D eigenvalue weighted by atomic mass is 14.2. The third-order valence-electron chi connectivity index (χ3n) is 6.42. The van der Waals surface area contributed by atoms with Gasteiger partial charge in [-0.25, -0.2) is 0 Å². The fourth-order valence-corrected chi connectivity index (χ4v) is 4.53. The van der Waals surface area contributed by atoms with Crippen molar-refractivity contribution in [1.82, 2.24) is 0 Å². The van der Waals surface area contributed by atoms with E-state index >= 15 is 0 Å². The number of benzene rings is 3. The smallest absolute Gasteiger partial charge is 0.0118 e. The Bertz CT molecular complexity index is 958. The van der Waals surface area contributed by atoms with Gasteiger partial charge < -0.3 is 0 Å². The lowest BCUT2D eigenvalue weighted by Crippen LogP contribution is -2.12. The summed E-state index contributed by atoms with van der Waals surface area (Å²) in [6.45, 7) is 4.31. The lowest BCUT2D eigenvalue weighted by atomic mass is 9.79. The topological polar surface area (TPSA) is 0 Å². The van der Waals surface area contributed by atoms with Crippen LogP contribution in [-0.2, 0) is 25.7 Å². The standard InChI is InChI=1S/C29H32/c1-3-5-6-7-23-10-14-25(15-11-23)27-17-19-28-20-26(16-18-29(28)21-27)24-12-8-22(4-2)9-13-24/h3,5,8-15,17,19,21,26H,4,6-7,16,18,20H2,1-2H3/b5-3+. The fourth-order valence-electron chi connectivity index (χ4n) is 4.53. The van der Waals surface area contributed by atoms with Gasteiger partial charge in [0.1, 0.15) is 0 Å². The van der Waals surface area contributed by atoms with Gasteiger partial charge in [0.05, 0.1) is 0 Å². The van der Waals surface area contributed by atoms with Crippen molar-refractivity contribution in [3.8, 4) is 11.1 Å². The summed E-state index contributed by atoms with van der Waals surface area (Å²) in [7, 11) is 0. The summed E-state index contributed by atoms with van der Waals surface area (Å²) < 4.78 is 0. The molecule has 3 aromatic carbocycles. The zero-order valence-electron chi connectivity index (χ0n) is 17.8. The highest BCUT2D eigenvalue weighted by molar-refractivity contribution is 5.65. The molecule has 3 aromatic rings. The quantitative estimate of drug-likeness (QED) is 0.384. The van der Waals surface area contributed by atoms with Crippen LogP contribution in [-0.4, -0.2) is 0 Å². The molecule has 29 heavy (non-hydrogen) atoms. The Morgan fingerprint density at radius 3 is 2.28 bits per heavy atom. The summed E-state index contributed by atoms with van der Waals surface area (Å²) in [5.41, 5.74) is 10.1. The van der Waals surface area contributed by atoms with Gasteiger partial charge in [0.15, 0.2) is 0 Å². The molecule has 0 spiro atoms. The summed E-state index contributed by atoms with van der Waals surface area (Å²) in [6.07, 6.45) is 11.3. The van der Waals surface area contributed by atoms with Crippen LogP contribution in [0.1, 0.15) is 60.4 Å². The molecule has 148 valence electrons. The Kier molecular flexibility index (Phi) is 6.30. The lowest BCUT2D eigenvalue weighted by Gasteiger charge is -2.26. The van der Waals surface area contributed by atoms with Gasteiger partial charge in [-0.2, -0.15) is 0 Å². The van der Waals surface area contributed by atoms with Gasteiger partial charge in [0, 0.05) is 0 Å². The first-order valence-electron chi connectivity index (χ1n) is 11.2. The van der Waals surface area contributed by atoms with Crippen molar-refractivity contribution in [3.63, 3.8) is 0 Å².